The molecule has 0 bridgehead atoms. The van der Waals surface area contributed by atoms with E-state index in [1.54, 1.807) is 12.1 Å². The van der Waals surface area contributed by atoms with E-state index in [1.807, 2.05) is 0 Å². The van der Waals surface area contributed by atoms with Crippen LogP contribution in [0.2, 0.25) is 10.0 Å². The first-order chi connectivity index (χ1) is 8.87. The van der Waals surface area contributed by atoms with Crippen molar-refractivity contribution in [2.45, 2.75) is 52.0 Å². The van der Waals surface area contributed by atoms with Crippen LogP contribution < -0.4 is 5.32 Å². The lowest BCUT2D eigenvalue weighted by atomic mass is 9.85. The van der Waals surface area contributed by atoms with Crippen LogP contribution in [-0.2, 0) is 0 Å². The molecular weight excluding hydrogens is 284 g/mol. The Morgan fingerprint density at radius 3 is 2.42 bits per heavy atom. The standard InChI is InChI=1S/C15H20Cl2FN/c1-15(2)6-3-4-10(5-7-15)19-11-8-12(16)14(18)13(17)9-11/h8-10,19H,3-7H2,1-2H3. The minimum atomic E-state index is -0.545. The van der Waals surface area contributed by atoms with Crippen LogP contribution >= 0.6 is 23.2 Å². The molecule has 1 saturated carbocycles. The van der Waals surface area contributed by atoms with E-state index < -0.39 is 5.82 Å². The van der Waals surface area contributed by atoms with Crippen molar-refractivity contribution in [1.82, 2.24) is 0 Å². The van der Waals surface area contributed by atoms with Crippen LogP contribution in [0, 0.1) is 11.2 Å². The van der Waals surface area contributed by atoms with E-state index in [-0.39, 0.29) is 10.0 Å². The van der Waals surface area contributed by atoms with Crippen LogP contribution in [-0.4, -0.2) is 6.04 Å². The molecule has 1 unspecified atom stereocenters. The molecule has 0 saturated heterocycles. The molecular formula is C15H20Cl2FN. The average molecular weight is 304 g/mol. The summed E-state index contributed by atoms with van der Waals surface area (Å²) in [4.78, 5) is 0. The molecule has 0 spiro atoms. The van der Waals surface area contributed by atoms with E-state index in [2.05, 4.69) is 19.2 Å². The second kappa shape index (κ2) is 5.88. The molecule has 1 nitrogen and oxygen atoms in total. The van der Waals surface area contributed by atoms with Crippen molar-refractivity contribution in [1.29, 1.82) is 0 Å². The highest BCUT2D eigenvalue weighted by molar-refractivity contribution is 6.35. The summed E-state index contributed by atoms with van der Waals surface area (Å²) >= 11 is 11.6. The lowest BCUT2D eigenvalue weighted by molar-refractivity contribution is 0.313. The Labute approximate surface area is 124 Å². The summed E-state index contributed by atoms with van der Waals surface area (Å²) in [5.41, 5.74) is 1.23. The summed E-state index contributed by atoms with van der Waals surface area (Å²) in [6, 6.07) is 3.64. The Morgan fingerprint density at radius 1 is 1.16 bits per heavy atom. The van der Waals surface area contributed by atoms with Crippen molar-refractivity contribution in [2.24, 2.45) is 5.41 Å². The van der Waals surface area contributed by atoms with E-state index in [4.69, 9.17) is 23.2 Å². The number of halogens is 3. The third-order valence-electron chi connectivity index (χ3n) is 3.93. The van der Waals surface area contributed by atoms with Gasteiger partial charge in [-0.1, -0.05) is 43.5 Å². The molecule has 1 N–H and O–H groups in total. The number of rotatable bonds is 2. The van der Waals surface area contributed by atoms with Crippen LogP contribution in [0.3, 0.4) is 0 Å². The summed E-state index contributed by atoms with van der Waals surface area (Å²) in [5, 5.41) is 3.58. The van der Waals surface area contributed by atoms with Crippen molar-refractivity contribution in [2.75, 3.05) is 5.32 Å². The number of benzene rings is 1. The second-order valence-corrected chi connectivity index (χ2v) is 7.00. The number of hydrogen-bond donors (Lipinski definition) is 1. The predicted molar refractivity (Wildman–Crippen MR) is 80.7 cm³/mol. The third kappa shape index (κ3) is 4.00. The van der Waals surface area contributed by atoms with Gasteiger partial charge in [0.15, 0.2) is 5.82 Å². The largest absolute Gasteiger partial charge is 0.382 e. The zero-order chi connectivity index (χ0) is 14.0. The van der Waals surface area contributed by atoms with Gasteiger partial charge in [-0.25, -0.2) is 4.39 Å². The summed E-state index contributed by atoms with van der Waals surface area (Å²) in [5.74, 6) is -0.545. The van der Waals surface area contributed by atoms with Crippen LogP contribution in [0.25, 0.3) is 0 Å². The fourth-order valence-electron chi connectivity index (χ4n) is 2.68. The molecule has 106 valence electrons. The molecule has 0 aromatic heterocycles. The average Bonchev–Trinajstić information content (AvgIpc) is 2.48. The van der Waals surface area contributed by atoms with Crippen LogP contribution in [0.5, 0.6) is 0 Å². The zero-order valence-electron chi connectivity index (χ0n) is 11.4. The van der Waals surface area contributed by atoms with Gasteiger partial charge in [-0.15, -0.1) is 0 Å². The van der Waals surface area contributed by atoms with Gasteiger partial charge in [0, 0.05) is 11.7 Å². The van der Waals surface area contributed by atoms with Gasteiger partial charge < -0.3 is 5.32 Å². The van der Waals surface area contributed by atoms with Crippen molar-refractivity contribution in [3.63, 3.8) is 0 Å². The van der Waals surface area contributed by atoms with E-state index in [9.17, 15) is 4.39 Å². The molecule has 2 rings (SSSR count). The Hall–Kier alpha value is -0.470. The van der Waals surface area contributed by atoms with Gasteiger partial charge in [0.2, 0.25) is 0 Å². The second-order valence-electron chi connectivity index (χ2n) is 6.19. The van der Waals surface area contributed by atoms with Gasteiger partial charge >= 0.3 is 0 Å². The summed E-state index contributed by atoms with van der Waals surface area (Å²) in [7, 11) is 0. The smallest absolute Gasteiger partial charge is 0.160 e. The van der Waals surface area contributed by atoms with Crippen LogP contribution in [0.4, 0.5) is 10.1 Å². The van der Waals surface area contributed by atoms with Crippen molar-refractivity contribution >= 4 is 28.9 Å². The first kappa shape index (κ1) is 14.9. The number of hydrogen-bond acceptors (Lipinski definition) is 1. The third-order valence-corrected chi connectivity index (χ3v) is 4.48. The van der Waals surface area contributed by atoms with Crippen LogP contribution in [0.1, 0.15) is 46.0 Å². The Morgan fingerprint density at radius 2 is 1.79 bits per heavy atom. The maximum absolute atomic E-state index is 13.4. The maximum atomic E-state index is 13.4. The van der Waals surface area contributed by atoms with Gasteiger partial charge in [0.05, 0.1) is 10.0 Å². The summed E-state index contributed by atoms with van der Waals surface area (Å²) in [6.45, 7) is 4.64. The fourth-order valence-corrected chi connectivity index (χ4v) is 3.17. The highest BCUT2D eigenvalue weighted by atomic mass is 35.5. The van der Waals surface area contributed by atoms with Gasteiger partial charge in [-0.05, 0) is 43.2 Å². The quantitative estimate of drug-likeness (QED) is 0.529. The highest BCUT2D eigenvalue weighted by Crippen LogP contribution is 2.35. The zero-order valence-corrected chi connectivity index (χ0v) is 12.9. The van der Waals surface area contributed by atoms with Crippen molar-refractivity contribution < 1.29 is 4.39 Å². The fraction of sp³-hybridized carbons (Fsp3) is 0.600. The first-order valence-electron chi connectivity index (χ1n) is 6.78. The summed E-state index contributed by atoms with van der Waals surface area (Å²) in [6.07, 6.45) is 5.94. The Kier molecular flexibility index (Phi) is 4.62. The van der Waals surface area contributed by atoms with Crippen molar-refractivity contribution in [3.8, 4) is 0 Å². The lowest BCUT2D eigenvalue weighted by Crippen LogP contribution is -2.19. The van der Waals surface area contributed by atoms with Gasteiger partial charge in [-0.3, -0.25) is 0 Å². The molecule has 0 amide bonds. The molecule has 19 heavy (non-hydrogen) atoms. The SMILES string of the molecule is CC1(C)CCCC(Nc2cc(Cl)c(F)c(Cl)c2)CC1. The molecule has 1 atom stereocenters. The lowest BCUT2D eigenvalue weighted by Gasteiger charge is -2.22. The first-order valence-corrected chi connectivity index (χ1v) is 7.54. The van der Waals surface area contributed by atoms with E-state index in [1.165, 1.54) is 19.3 Å². The topological polar surface area (TPSA) is 12.0 Å². The molecule has 1 aliphatic rings. The van der Waals surface area contributed by atoms with E-state index >= 15 is 0 Å². The normalized spacial score (nSPS) is 22.9. The Bertz CT molecular complexity index is 436. The molecule has 0 aliphatic heterocycles. The molecule has 0 heterocycles. The van der Waals surface area contributed by atoms with E-state index in [0.717, 1.165) is 18.5 Å². The minimum Gasteiger partial charge on any atom is -0.382 e. The van der Waals surface area contributed by atoms with Gasteiger partial charge in [-0.2, -0.15) is 0 Å². The van der Waals surface area contributed by atoms with Crippen LogP contribution in [0.15, 0.2) is 12.1 Å². The molecule has 1 aromatic carbocycles. The highest BCUT2D eigenvalue weighted by Gasteiger charge is 2.24. The number of nitrogens with one attached hydrogen (secondary N) is 1. The molecule has 1 aliphatic carbocycles. The molecule has 1 aromatic rings. The predicted octanol–water partition coefficient (Wildman–Crippen LogP) is 5.90. The molecule has 0 radical (unpaired) electrons. The number of anilines is 1. The monoisotopic (exact) mass is 303 g/mol. The summed E-state index contributed by atoms with van der Waals surface area (Å²) < 4.78 is 13.4. The van der Waals surface area contributed by atoms with E-state index in [0.29, 0.717) is 11.5 Å². The molecule has 4 heteroatoms. The Balaban J connectivity index is 2.05. The van der Waals surface area contributed by atoms with Gasteiger partial charge in [0.1, 0.15) is 0 Å². The van der Waals surface area contributed by atoms with Gasteiger partial charge in [0.25, 0.3) is 0 Å². The minimum absolute atomic E-state index is 0.0731. The molecule has 1 fully saturated rings. The van der Waals surface area contributed by atoms with Crippen molar-refractivity contribution in [3.05, 3.63) is 28.0 Å². The maximum Gasteiger partial charge on any atom is 0.160 e.